The number of anilines is 1. The van der Waals surface area contributed by atoms with E-state index >= 15 is 0 Å². The topological polar surface area (TPSA) is 87.3 Å². The van der Waals surface area contributed by atoms with E-state index in [0.29, 0.717) is 18.8 Å². The Kier molecular flexibility index (Phi) is 4.50. The Balaban J connectivity index is 1.91. The van der Waals surface area contributed by atoms with Gasteiger partial charge in [0.05, 0.1) is 17.8 Å². The van der Waals surface area contributed by atoms with Crippen LogP contribution in [0.3, 0.4) is 0 Å². The smallest absolute Gasteiger partial charge is 0.410 e. The monoisotopic (exact) mass is 294 g/mol. The normalized spacial score (nSPS) is 19.2. The van der Waals surface area contributed by atoms with Gasteiger partial charge >= 0.3 is 6.09 Å². The van der Waals surface area contributed by atoms with Gasteiger partial charge in [0.2, 0.25) is 5.91 Å². The van der Waals surface area contributed by atoms with Gasteiger partial charge in [-0.25, -0.2) is 4.79 Å². The number of nitrogens with zero attached hydrogens (tertiary/aromatic N) is 2. The second kappa shape index (κ2) is 6.15. The average molecular weight is 294 g/mol. The van der Waals surface area contributed by atoms with Gasteiger partial charge in [0.15, 0.2) is 0 Å². The van der Waals surface area contributed by atoms with Gasteiger partial charge in [0.25, 0.3) is 0 Å². The van der Waals surface area contributed by atoms with E-state index in [1.807, 2.05) is 20.8 Å². The molecule has 1 aliphatic rings. The van der Waals surface area contributed by atoms with Crippen molar-refractivity contribution < 1.29 is 14.3 Å². The fourth-order valence-electron chi connectivity index (χ4n) is 2.25. The number of amides is 2. The quantitative estimate of drug-likeness (QED) is 0.873. The number of carbonyl (C=O) groups excluding carboxylic acids is 2. The highest BCUT2D eigenvalue weighted by Gasteiger charge is 2.31. The fourth-order valence-corrected chi connectivity index (χ4v) is 2.25. The molecule has 1 unspecified atom stereocenters. The van der Waals surface area contributed by atoms with E-state index in [-0.39, 0.29) is 17.9 Å². The van der Waals surface area contributed by atoms with Gasteiger partial charge in [-0.3, -0.25) is 9.89 Å². The van der Waals surface area contributed by atoms with Crippen molar-refractivity contribution in [3.63, 3.8) is 0 Å². The van der Waals surface area contributed by atoms with Crippen molar-refractivity contribution in [2.45, 2.75) is 39.2 Å². The van der Waals surface area contributed by atoms with Gasteiger partial charge in [-0.15, -0.1) is 0 Å². The van der Waals surface area contributed by atoms with Gasteiger partial charge in [0.1, 0.15) is 5.60 Å². The van der Waals surface area contributed by atoms with E-state index in [4.69, 9.17) is 4.74 Å². The van der Waals surface area contributed by atoms with Crippen molar-refractivity contribution in [1.29, 1.82) is 0 Å². The number of hydrogen-bond donors (Lipinski definition) is 2. The third-order valence-corrected chi connectivity index (χ3v) is 3.21. The minimum atomic E-state index is -0.525. The van der Waals surface area contributed by atoms with Crippen LogP contribution in [0, 0.1) is 5.92 Å². The summed E-state index contributed by atoms with van der Waals surface area (Å²) >= 11 is 0. The lowest BCUT2D eigenvalue weighted by Gasteiger charge is -2.33. The summed E-state index contributed by atoms with van der Waals surface area (Å²) in [5.41, 5.74) is 0.109. The lowest BCUT2D eigenvalue weighted by atomic mass is 9.97. The number of aromatic amines is 1. The van der Waals surface area contributed by atoms with Crippen LogP contribution in [-0.4, -0.2) is 45.8 Å². The molecule has 0 radical (unpaired) electrons. The van der Waals surface area contributed by atoms with Crippen molar-refractivity contribution in [2.75, 3.05) is 18.4 Å². The third-order valence-electron chi connectivity index (χ3n) is 3.21. The highest BCUT2D eigenvalue weighted by Crippen LogP contribution is 2.20. The summed E-state index contributed by atoms with van der Waals surface area (Å²) in [6, 6.07) is 0. The van der Waals surface area contributed by atoms with Gasteiger partial charge in [-0.1, -0.05) is 0 Å². The Hall–Kier alpha value is -2.05. The van der Waals surface area contributed by atoms with Crippen LogP contribution in [0.4, 0.5) is 10.5 Å². The van der Waals surface area contributed by atoms with E-state index in [1.165, 1.54) is 0 Å². The number of hydrogen-bond acceptors (Lipinski definition) is 4. The summed E-state index contributed by atoms with van der Waals surface area (Å²) in [6.45, 7) is 6.51. The number of aromatic nitrogens is 2. The zero-order chi connectivity index (χ0) is 15.5. The Morgan fingerprint density at radius 1 is 1.48 bits per heavy atom. The third kappa shape index (κ3) is 4.47. The van der Waals surface area contributed by atoms with Crippen molar-refractivity contribution in [2.24, 2.45) is 5.92 Å². The maximum Gasteiger partial charge on any atom is 0.410 e. The Bertz CT molecular complexity index is 493. The first-order valence-electron chi connectivity index (χ1n) is 7.13. The summed E-state index contributed by atoms with van der Waals surface area (Å²) in [4.78, 5) is 25.8. The average Bonchev–Trinajstić information content (AvgIpc) is 2.90. The molecule has 1 saturated heterocycles. The molecule has 1 aromatic heterocycles. The van der Waals surface area contributed by atoms with Crippen molar-refractivity contribution in [3.8, 4) is 0 Å². The maximum atomic E-state index is 12.2. The van der Waals surface area contributed by atoms with Gasteiger partial charge < -0.3 is 15.0 Å². The van der Waals surface area contributed by atoms with Crippen LogP contribution in [0.15, 0.2) is 12.4 Å². The number of piperidine rings is 1. The molecule has 1 atom stereocenters. The molecule has 0 aromatic carbocycles. The molecule has 0 saturated carbocycles. The lowest BCUT2D eigenvalue weighted by molar-refractivity contribution is -0.121. The summed E-state index contributed by atoms with van der Waals surface area (Å²) in [7, 11) is 0. The van der Waals surface area contributed by atoms with Gasteiger partial charge in [-0.05, 0) is 33.6 Å². The number of rotatable bonds is 2. The van der Waals surface area contributed by atoms with E-state index in [9.17, 15) is 9.59 Å². The molecule has 116 valence electrons. The summed E-state index contributed by atoms with van der Waals surface area (Å²) in [5.74, 6) is -0.314. The predicted molar refractivity (Wildman–Crippen MR) is 77.7 cm³/mol. The number of likely N-dealkylation sites (tertiary alicyclic amines) is 1. The van der Waals surface area contributed by atoms with Gasteiger partial charge in [-0.2, -0.15) is 5.10 Å². The minimum Gasteiger partial charge on any atom is -0.444 e. The van der Waals surface area contributed by atoms with E-state index in [2.05, 4.69) is 15.5 Å². The minimum absolute atomic E-state index is 0.0929. The molecule has 1 aliphatic heterocycles. The molecule has 1 fully saturated rings. The highest BCUT2D eigenvalue weighted by atomic mass is 16.6. The number of ether oxygens (including phenoxy) is 1. The van der Waals surface area contributed by atoms with Crippen molar-refractivity contribution in [3.05, 3.63) is 12.4 Å². The predicted octanol–water partition coefficient (Wildman–Crippen LogP) is 2.00. The molecular weight excluding hydrogens is 272 g/mol. The molecule has 0 aliphatic carbocycles. The van der Waals surface area contributed by atoms with Crippen LogP contribution >= 0.6 is 0 Å². The standard InChI is InChI=1S/C14H22N4O3/c1-14(2,3)21-13(20)18-6-4-5-10(9-18)12(19)17-11-7-15-16-8-11/h7-8,10H,4-6,9H2,1-3H3,(H,15,16)(H,17,19). The largest absolute Gasteiger partial charge is 0.444 e. The Morgan fingerprint density at radius 2 is 2.24 bits per heavy atom. The van der Waals surface area contributed by atoms with Crippen molar-refractivity contribution in [1.82, 2.24) is 15.1 Å². The number of carbonyl (C=O) groups is 2. The van der Waals surface area contributed by atoms with E-state index in [1.54, 1.807) is 17.3 Å². The first kappa shape index (κ1) is 15.3. The van der Waals surface area contributed by atoms with Gasteiger partial charge in [0, 0.05) is 19.3 Å². The second-order valence-corrected chi connectivity index (χ2v) is 6.24. The first-order chi connectivity index (χ1) is 9.85. The van der Waals surface area contributed by atoms with Crippen LogP contribution in [0.1, 0.15) is 33.6 Å². The van der Waals surface area contributed by atoms with Crippen molar-refractivity contribution >= 4 is 17.7 Å². The molecular formula is C14H22N4O3. The maximum absolute atomic E-state index is 12.2. The van der Waals surface area contributed by atoms with Crippen LogP contribution in [-0.2, 0) is 9.53 Å². The van der Waals surface area contributed by atoms with Crippen LogP contribution < -0.4 is 5.32 Å². The van der Waals surface area contributed by atoms with E-state index in [0.717, 1.165) is 12.8 Å². The fraction of sp³-hybridized carbons (Fsp3) is 0.643. The highest BCUT2D eigenvalue weighted by molar-refractivity contribution is 5.92. The summed E-state index contributed by atoms with van der Waals surface area (Å²) < 4.78 is 5.35. The Labute approximate surface area is 124 Å². The van der Waals surface area contributed by atoms with Crippen LogP contribution in [0.25, 0.3) is 0 Å². The van der Waals surface area contributed by atoms with Crippen LogP contribution in [0.5, 0.6) is 0 Å². The van der Waals surface area contributed by atoms with E-state index < -0.39 is 5.60 Å². The molecule has 1 aromatic rings. The zero-order valence-corrected chi connectivity index (χ0v) is 12.7. The molecule has 21 heavy (non-hydrogen) atoms. The summed E-state index contributed by atoms with van der Waals surface area (Å²) in [6.07, 6.45) is 4.37. The number of nitrogens with one attached hydrogen (secondary N) is 2. The first-order valence-corrected chi connectivity index (χ1v) is 7.13. The molecule has 2 amide bonds. The lowest BCUT2D eigenvalue weighted by Crippen LogP contribution is -2.45. The molecule has 7 heteroatoms. The number of H-pyrrole nitrogens is 1. The molecule has 2 rings (SSSR count). The molecule has 2 heterocycles. The Morgan fingerprint density at radius 3 is 2.86 bits per heavy atom. The summed E-state index contributed by atoms with van der Waals surface area (Å²) in [5, 5.41) is 9.21. The molecule has 0 spiro atoms. The molecule has 7 nitrogen and oxygen atoms in total. The SMILES string of the molecule is CC(C)(C)OC(=O)N1CCCC(C(=O)Nc2cn[nH]c2)C1. The zero-order valence-electron chi connectivity index (χ0n) is 12.7. The second-order valence-electron chi connectivity index (χ2n) is 6.24. The molecule has 2 N–H and O–H groups in total. The van der Waals surface area contributed by atoms with Crippen LogP contribution in [0.2, 0.25) is 0 Å². The molecule has 0 bridgehead atoms.